The fourth-order valence-electron chi connectivity index (χ4n) is 1.51. The molecule has 0 unspecified atom stereocenters. The van der Waals surface area contributed by atoms with E-state index in [2.05, 4.69) is 0 Å². The highest BCUT2D eigenvalue weighted by Gasteiger charge is 2.26. The molecule has 0 fully saturated rings. The van der Waals surface area contributed by atoms with E-state index >= 15 is 0 Å². The summed E-state index contributed by atoms with van der Waals surface area (Å²) in [6.45, 7) is 0.141. The molecule has 0 aromatic heterocycles. The predicted molar refractivity (Wildman–Crippen MR) is 48.3 cm³/mol. The SMILES string of the molecule is N=C1c2ccc(C=O)c(F)c2CN1N. The Balaban J connectivity index is 2.63. The van der Waals surface area contributed by atoms with Gasteiger partial charge in [-0.15, -0.1) is 0 Å². The topological polar surface area (TPSA) is 70.2 Å². The van der Waals surface area contributed by atoms with Crippen molar-refractivity contribution in [3.63, 3.8) is 0 Å². The van der Waals surface area contributed by atoms with Crippen molar-refractivity contribution in [1.82, 2.24) is 5.01 Å². The Hall–Kier alpha value is -1.75. The van der Waals surface area contributed by atoms with Gasteiger partial charge in [0.2, 0.25) is 0 Å². The first-order valence-corrected chi connectivity index (χ1v) is 4.03. The second-order valence-corrected chi connectivity index (χ2v) is 3.09. The minimum Gasteiger partial charge on any atom is -0.298 e. The molecule has 0 radical (unpaired) electrons. The van der Waals surface area contributed by atoms with Gasteiger partial charge in [-0.3, -0.25) is 15.2 Å². The summed E-state index contributed by atoms with van der Waals surface area (Å²) in [5.74, 6) is 4.95. The number of nitrogens with zero attached hydrogens (tertiary/aromatic N) is 1. The van der Waals surface area contributed by atoms with E-state index in [0.29, 0.717) is 17.4 Å². The molecule has 0 atom stereocenters. The van der Waals surface area contributed by atoms with Crippen molar-refractivity contribution in [3.8, 4) is 0 Å². The second kappa shape index (κ2) is 2.88. The molecular formula is C9H8FN3O. The van der Waals surface area contributed by atoms with Crippen LogP contribution in [0.5, 0.6) is 0 Å². The Morgan fingerprint density at radius 2 is 2.29 bits per heavy atom. The van der Waals surface area contributed by atoms with Crippen LogP contribution in [-0.2, 0) is 6.54 Å². The first-order chi connectivity index (χ1) is 6.65. The monoisotopic (exact) mass is 193 g/mol. The van der Waals surface area contributed by atoms with Crippen LogP contribution in [0.2, 0.25) is 0 Å². The summed E-state index contributed by atoms with van der Waals surface area (Å²) in [5.41, 5.74) is 0.782. The summed E-state index contributed by atoms with van der Waals surface area (Å²) in [4.78, 5) is 10.5. The van der Waals surface area contributed by atoms with Crippen molar-refractivity contribution in [3.05, 3.63) is 34.6 Å². The van der Waals surface area contributed by atoms with Gasteiger partial charge >= 0.3 is 0 Å². The van der Waals surface area contributed by atoms with Crippen LogP contribution in [0.25, 0.3) is 0 Å². The Morgan fingerprint density at radius 3 is 2.93 bits per heavy atom. The van der Waals surface area contributed by atoms with Gasteiger partial charge in [-0.2, -0.15) is 0 Å². The van der Waals surface area contributed by atoms with Crippen LogP contribution < -0.4 is 5.84 Å². The number of amidine groups is 1. The molecule has 0 aliphatic carbocycles. The van der Waals surface area contributed by atoms with E-state index in [9.17, 15) is 9.18 Å². The minimum absolute atomic E-state index is 0.00634. The number of halogens is 1. The molecule has 0 amide bonds. The Labute approximate surface area is 79.6 Å². The molecule has 1 aromatic carbocycles. The summed E-state index contributed by atoms with van der Waals surface area (Å²) in [5, 5.41) is 8.65. The molecule has 72 valence electrons. The molecule has 1 aliphatic rings. The lowest BCUT2D eigenvalue weighted by atomic mass is 10.1. The fourth-order valence-corrected chi connectivity index (χ4v) is 1.51. The Bertz CT molecular complexity index is 430. The third kappa shape index (κ3) is 1.03. The van der Waals surface area contributed by atoms with Crippen molar-refractivity contribution in [2.45, 2.75) is 6.54 Å². The number of hydrogen-bond donors (Lipinski definition) is 2. The van der Waals surface area contributed by atoms with Crippen molar-refractivity contribution in [2.24, 2.45) is 5.84 Å². The highest BCUT2D eigenvalue weighted by atomic mass is 19.1. The summed E-state index contributed by atoms with van der Waals surface area (Å²) in [7, 11) is 0. The Morgan fingerprint density at radius 1 is 1.57 bits per heavy atom. The number of hydrazine groups is 1. The Kier molecular flexibility index (Phi) is 1.82. The average Bonchev–Trinajstić information content (AvgIpc) is 2.46. The van der Waals surface area contributed by atoms with Crippen LogP contribution in [0, 0.1) is 11.2 Å². The third-order valence-corrected chi connectivity index (χ3v) is 2.27. The molecule has 0 bridgehead atoms. The zero-order chi connectivity index (χ0) is 10.3. The normalized spacial score (nSPS) is 14.4. The largest absolute Gasteiger partial charge is 0.298 e. The van der Waals surface area contributed by atoms with Gasteiger partial charge in [-0.25, -0.2) is 10.2 Å². The molecule has 1 heterocycles. The van der Waals surface area contributed by atoms with Gasteiger partial charge in [0.15, 0.2) is 6.29 Å². The molecule has 3 N–H and O–H groups in total. The van der Waals surface area contributed by atoms with Crippen LogP contribution in [-0.4, -0.2) is 17.1 Å². The van der Waals surface area contributed by atoms with Crippen molar-refractivity contribution in [1.29, 1.82) is 5.41 Å². The molecule has 5 heteroatoms. The molecule has 4 nitrogen and oxygen atoms in total. The zero-order valence-corrected chi connectivity index (χ0v) is 7.25. The number of nitrogens with two attached hydrogens (primary N) is 1. The molecule has 0 saturated heterocycles. The van der Waals surface area contributed by atoms with Gasteiger partial charge in [0.1, 0.15) is 11.7 Å². The van der Waals surface area contributed by atoms with Crippen molar-refractivity contribution >= 4 is 12.1 Å². The summed E-state index contributed by atoms with van der Waals surface area (Å²) >= 11 is 0. The van der Waals surface area contributed by atoms with Gasteiger partial charge in [0, 0.05) is 11.1 Å². The van der Waals surface area contributed by atoms with Crippen LogP contribution in [0.15, 0.2) is 12.1 Å². The zero-order valence-electron chi connectivity index (χ0n) is 7.25. The second-order valence-electron chi connectivity index (χ2n) is 3.09. The number of carbonyl (C=O) groups excluding carboxylic acids is 1. The first-order valence-electron chi connectivity index (χ1n) is 4.03. The number of rotatable bonds is 1. The number of hydrogen-bond acceptors (Lipinski definition) is 3. The molecule has 0 saturated carbocycles. The number of benzene rings is 1. The molecule has 1 aliphatic heterocycles. The van der Waals surface area contributed by atoms with Crippen LogP contribution in [0.4, 0.5) is 4.39 Å². The van der Waals surface area contributed by atoms with E-state index in [1.165, 1.54) is 12.1 Å². The lowest BCUT2D eigenvalue weighted by Gasteiger charge is -2.07. The maximum Gasteiger partial charge on any atom is 0.153 e. The van der Waals surface area contributed by atoms with Crippen molar-refractivity contribution in [2.75, 3.05) is 0 Å². The summed E-state index contributed by atoms with van der Waals surface area (Å²) in [6, 6.07) is 2.90. The highest BCUT2D eigenvalue weighted by Crippen LogP contribution is 2.24. The van der Waals surface area contributed by atoms with E-state index in [0.717, 1.165) is 5.01 Å². The lowest BCUT2D eigenvalue weighted by Crippen LogP contribution is -2.30. The number of aldehydes is 1. The van der Waals surface area contributed by atoms with E-state index < -0.39 is 5.82 Å². The standard InChI is InChI=1S/C9H8FN3O/c10-8-5(4-14)1-2-6-7(8)3-13(12)9(6)11/h1-2,4,11H,3,12H2. The van der Waals surface area contributed by atoms with E-state index in [1.807, 2.05) is 0 Å². The van der Waals surface area contributed by atoms with Gasteiger partial charge in [-0.1, -0.05) is 0 Å². The number of nitrogens with one attached hydrogen (secondary N) is 1. The van der Waals surface area contributed by atoms with Gasteiger partial charge in [-0.05, 0) is 12.1 Å². The van der Waals surface area contributed by atoms with Crippen molar-refractivity contribution < 1.29 is 9.18 Å². The summed E-state index contributed by atoms with van der Waals surface area (Å²) < 4.78 is 13.5. The highest BCUT2D eigenvalue weighted by molar-refractivity contribution is 6.00. The van der Waals surface area contributed by atoms with E-state index in [-0.39, 0.29) is 17.9 Å². The molecule has 0 spiro atoms. The quantitative estimate of drug-likeness (QED) is 0.508. The van der Waals surface area contributed by atoms with Gasteiger partial charge < -0.3 is 0 Å². The predicted octanol–water partition coefficient (Wildman–Crippen LogP) is 0.653. The van der Waals surface area contributed by atoms with Crippen LogP contribution >= 0.6 is 0 Å². The molecule has 14 heavy (non-hydrogen) atoms. The smallest absolute Gasteiger partial charge is 0.153 e. The number of fused-ring (bicyclic) bond motifs is 1. The molecule has 2 rings (SSSR count). The van der Waals surface area contributed by atoms with Gasteiger partial charge in [0.05, 0.1) is 12.1 Å². The van der Waals surface area contributed by atoms with Crippen LogP contribution in [0.3, 0.4) is 0 Å². The van der Waals surface area contributed by atoms with E-state index in [1.54, 1.807) is 0 Å². The summed E-state index contributed by atoms with van der Waals surface area (Å²) in [6.07, 6.45) is 0.457. The molecule has 1 aromatic rings. The fraction of sp³-hybridized carbons (Fsp3) is 0.111. The van der Waals surface area contributed by atoms with Gasteiger partial charge in [0.25, 0.3) is 0 Å². The maximum absolute atomic E-state index is 13.5. The van der Waals surface area contributed by atoms with Crippen LogP contribution in [0.1, 0.15) is 21.5 Å². The third-order valence-electron chi connectivity index (χ3n) is 2.27. The first kappa shape index (κ1) is 8.83. The minimum atomic E-state index is -0.574. The average molecular weight is 193 g/mol. The lowest BCUT2D eigenvalue weighted by molar-refractivity contribution is 0.111. The van der Waals surface area contributed by atoms with E-state index in [4.69, 9.17) is 11.3 Å². The molecular weight excluding hydrogens is 185 g/mol. The number of carbonyl (C=O) groups is 1. The maximum atomic E-state index is 13.5.